The predicted molar refractivity (Wildman–Crippen MR) is 81.1 cm³/mol. The van der Waals surface area contributed by atoms with Gasteiger partial charge in [0.2, 0.25) is 0 Å². The summed E-state index contributed by atoms with van der Waals surface area (Å²) in [6, 6.07) is 17.5. The molecule has 0 aromatic heterocycles. The Labute approximate surface area is 128 Å². The van der Waals surface area contributed by atoms with E-state index in [1.807, 2.05) is 6.07 Å². The predicted octanol–water partition coefficient (Wildman–Crippen LogP) is 3.93. The number of aryl methyl sites for hydroxylation is 1. The number of halogens is 3. The monoisotopic (exact) mass is 303 g/mol. The number of alkyl halides is 3. The lowest BCUT2D eigenvalue weighted by atomic mass is 9.91. The maximum atomic E-state index is 13.3. The second-order valence-electron chi connectivity index (χ2n) is 5.07. The average Bonchev–Trinajstić information content (AvgIpc) is 2.52. The second-order valence-corrected chi connectivity index (χ2v) is 5.07. The van der Waals surface area contributed by atoms with Gasteiger partial charge in [0.1, 0.15) is 0 Å². The van der Waals surface area contributed by atoms with Crippen molar-refractivity contribution in [1.29, 1.82) is 0 Å². The Morgan fingerprint density at radius 3 is 1.95 bits per heavy atom. The summed E-state index contributed by atoms with van der Waals surface area (Å²) in [6.07, 6.45) is -4.63. The molecule has 0 radical (unpaired) electrons. The molecular weight excluding hydrogens is 287 g/mol. The zero-order valence-corrected chi connectivity index (χ0v) is 11.9. The van der Waals surface area contributed by atoms with E-state index >= 15 is 0 Å². The highest BCUT2D eigenvalue weighted by Crippen LogP contribution is 2.31. The Morgan fingerprint density at radius 2 is 1.41 bits per heavy atom. The lowest BCUT2D eigenvalue weighted by Gasteiger charge is -2.26. The van der Waals surface area contributed by atoms with Gasteiger partial charge in [-0.3, -0.25) is 0 Å². The van der Waals surface area contributed by atoms with Crippen molar-refractivity contribution in [3.05, 3.63) is 71.8 Å². The van der Waals surface area contributed by atoms with Crippen molar-refractivity contribution in [2.24, 2.45) is 5.73 Å². The number of rotatable bonds is 3. The molecule has 1 unspecified atom stereocenters. The zero-order valence-electron chi connectivity index (χ0n) is 11.9. The smallest absolute Gasteiger partial charge is 0.308 e. The summed E-state index contributed by atoms with van der Waals surface area (Å²) < 4.78 is 39.8. The van der Waals surface area contributed by atoms with Gasteiger partial charge < -0.3 is 5.73 Å². The van der Waals surface area contributed by atoms with Crippen molar-refractivity contribution in [3.63, 3.8) is 0 Å². The SMILES string of the molecule is NC(C#Cc1ccccc1)(CCc1ccccc1)C(F)(F)F. The number of hydrogen-bond acceptors (Lipinski definition) is 1. The summed E-state index contributed by atoms with van der Waals surface area (Å²) in [6.45, 7) is 0. The van der Waals surface area contributed by atoms with E-state index in [1.54, 1.807) is 54.6 Å². The van der Waals surface area contributed by atoms with Gasteiger partial charge in [0, 0.05) is 5.56 Å². The van der Waals surface area contributed by atoms with E-state index < -0.39 is 11.7 Å². The number of nitrogens with two attached hydrogens (primary N) is 1. The van der Waals surface area contributed by atoms with E-state index in [4.69, 9.17) is 5.73 Å². The first-order valence-corrected chi connectivity index (χ1v) is 6.88. The maximum absolute atomic E-state index is 13.3. The molecule has 0 aliphatic carbocycles. The highest BCUT2D eigenvalue weighted by atomic mass is 19.4. The van der Waals surface area contributed by atoms with Crippen LogP contribution in [0.5, 0.6) is 0 Å². The van der Waals surface area contributed by atoms with Crippen LogP contribution in [0.2, 0.25) is 0 Å². The fourth-order valence-electron chi connectivity index (χ4n) is 1.97. The third-order valence-corrected chi connectivity index (χ3v) is 3.36. The molecule has 0 saturated carbocycles. The molecule has 4 heteroatoms. The molecule has 0 saturated heterocycles. The lowest BCUT2D eigenvalue weighted by Crippen LogP contribution is -2.52. The molecule has 1 nitrogen and oxygen atoms in total. The molecule has 0 bridgehead atoms. The molecule has 2 rings (SSSR count). The first-order valence-electron chi connectivity index (χ1n) is 6.88. The lowest BCUT2D eigenvalue weighted by molar-refractivity contribution is -0.170. The summed E-state index contributed by atoms with van der Waals surface area (Å²) in [5, 5.41) is 0. The highest BCUT2D eigenvalue weighted by molar-refractivity contribution is 5.37. The molecule has 0 fully saturated rings. The summed E-state index contributed by atoms with van der Waals surface area (Å²) in [5.41, 5.74) is 4.38. The molecule has 114 valence electrons. The topological polar surface area (TPSA) is 26.0 Å². The van der Waals surface area contributed by atoms with Gasteiger partial charge in [0.05, 0.1) is 0 Å². The quantitative estimate of drug-likeness (QED) is 0.854. The average molecular weight is 303 g/mol. The van der Waals surface area contributed by atoms with Crippen LogP contribution >= 0.6 is 0 Å². The third-order valence-electron chi connectivity index (χ3n) is 3.36. The minimum absolute atomic E-state index is 0.223. The molecule has 2 aromatic carbocycles. The van der Waals surface area contributed by atoms with E-state index in [2.05, 4.69) is 11.8 Å². The number of hydrogen-bond donors (Lipinski definition) is 1. The summed E-state index contributed by atoms with van der Waals surface area (Å²) in [7, 11) is 0. The van der Waals surface area contributed by atoms with Gasteiger partial charge in [-0.25, -0.2) is 0 Å². The molecular formula is C18H16F3N. The minimum atomic E-state index is -4.58. The Hall–Kier alpha value is -2.25. The van der Waals surface area contributed by atoms with Crippen molar-refractivity contribution in [3.8, 4) is 11.8 Å². The van der Waals surface area contributed by atoms with Gasteiger partial charge in [-0.2, -0.15) is 13.2 Å². The summed E-state index contributed by atoms with van der Waals surface area (Å²) in [4.78, 5) is 0. The molecule has 0 aliphatic rings. The molecule has 2 aromatic rings. The van der Waals surface area contributed by atoms with Crippen LogP contribution in [-0.2, 0) is 6.42 Å². The third kappa shape index (κ3) is 4.12. The van der Waals surface area contributed by atoms with Crippen LogP contribution in [0.1, 0.15) is 17.5 Å². The minimum Gasteiger partial charge on any atom is -0.308 e. The van der Waals surface area contributed by atoms with Crippen LogP contribution in [0, 0.1) is 11.8 Å². The fraction of sp³-hybridized carbons (Fsp3) is 0.222. The molecule has 2 N–H and O–H groups in total. The van der Waals surface area contributed by atoms with E-state index in [-0.39, 0.29) is 12.8 Å². The van der Waals surface area contributed by atoms with Crippen molar-refractivity contribution >= 4 is 0 Å². The molecule has 0 spiro atoms. The molecule has 0 amide bonds. The van der Waals surface area contributed by atoms with Gasteiger partial charge in [-0.05, 0) is 30.5 Å². The van der Waals surface area contributed by atoms with Crippen molar-refractivity contribution in [2.45, 2.75) is 24.6 Å². The summed E-state index contributed by atoms with van der Waals surface area (Å²) >= 11 is 0. The standard InChI is InChI=1S/C18H16F3N/c19-18(20,21)17(22,13-11-15-7-3-1-4-8-15)14-12-16-9-5-2-6-10-16/h1-10H,11,13,22H2. The van der Waals surface area contributed by atoms with E-state index in [1.165, 1.54) is 0 Å². The van der Waals surface area contributed by atoms with Crippen molar-refractivity contribution < 1.29 is 13.2 Å². The van der Waals surface area contributed by atoms with Crippen LogP contribution in [0.4, 0.5) is 13.2 Å². The molecule has 1 atom stereocenters. The van der Waals surface area contributed by atoms with E-state index in [0.717, 1.165) is 5.56 Å². The highest BCUT2D eigenvalue weighted by Gasteiger charge is 2.50. The fourth-order valence-corrected chi connectivity index (χ4v) is 1.97. The van der Waals surface area contributed by atoms with Gasteiger partial charge in [-0.1, -0.05) is 60.4 Å². The Bertz CT molecular complexity index is 653. The van der Waals surface area contributed by atoms with Crippen LogP contribution < -0.4 is 5.73 Å². The first kappa shape index (κ1) is 16.1. The van der Waals surface area contributed by atoms with Gasteiger partial charge in [-0.15, -0.1) is 0 Å². The van der Waals surface area contributed by atoms with Crippen molar-refractivity contribution in [1.82, 2.24) is 0 Å². The zero-order chi connectivity index (χ0) is 16.1. The van der Waals surface area contributed by atoms with Crippen LogP contribution in [0.25, 0.3) is 0 Å². The van der Waals surface area contributed by atoms with E-state index in [0.29, 0.717) is 5.56 Å². The van der Waals surface area contributed by atoms with Gasteiger partial charge in [0.25, 0.3) is 0 Å². The summed E-state index contributed by atoms with van der Waals surface area (Å²) in [5.74, 6) is 4.76. The maximum Gasteiger partial charge on any atom is 0.417 e. The molecule has 22 heavy (non-hydrogen) atoms. The number of benzene rings is 2. The van der Waals surface area contributed by atoms with E-state index in [9.17, 15) is 13.2 Å². The molecule has 0 aliphatic heterocycles. The Kier molecular flexibility index (Phi) is 4.89. The van der Waals surface area contributed by atoms with Gasteiger partial charge in [0.15, 0.2) is 5.54 Å². The largest absolute Gasteiger partial charge is 0.417 e. The molecule has 0 heterocycles. The van der Waals surface area contributed by atoms with Gasteiger partial charge >= 0.3 is 6.18 Å². The Morgan fingerprint density at radius 1 is 0.864 bits per heavy atom. The van der Waals surface area contributed by atoms with Crippen LogP contribution in [-0.4, -0.2) is 11.7 Å². The normalized spacial score (nSPS) is 13.8. The second kappa shape index (κ2) is 6.67. The van der Waals surface area contributed by atoms with Crippen LogP contribution in [0.15, 0.2) is 60.7 Å². The van der Waals surface area contributed by atoms with Crippen molar-refractivity contribution in [2.75, 3.05) is 0 Å². The van der Waals surface area contributed by atoms with Crippen LogP contribution in [0.3, 0.4) is 0 Å². The Balaban J connectivity index is 2.20. The first-order chi connectivity index (χ1) is 10.4.